The Balaban J connectivity index is 2.13. The SMILES string of the molecule is CCCNC(=O)c1cccc(C(=O)Nc2ccccc2Br)n1. The lowest BCUT2D eigenvalue weighted by molar-refractivity contribution is 0.0948. The Morgan fingerprint density at radius 2 is 1.73 bits per heavy atom. The number of hydrogen-bond acceptors (Lipinski definition) is 3. The number of pyridine rings is 1. The normalized spacial score (nSPS) is 10.1. The van der Waals surface area contributed by atoms with Crippen LogP contribution in [0.3, 0.4) is 0 Å². The molecular formula is C16H16BrN3O2. The minimum absolute atomic E-state index is 0.194. The number of benzene rings is 1. The fourth-order valence-corrected chi connectivity index (χ4v) is 2.15. The van der Waals surface area contributed by atoms with E-state index in [1.54, 1.807) is 24.3 Å². The standard InChI is InChI=1S/C16H16BrN3O2/c1-2-10-18-15(21)13-8-5-9-14(19-13)16(22)20-12-7-4-3-6-11(12)17/h3-9H,2,10H2,1H3,(H,18,21)(H,20,22). The van der Waals surface area contributed by atoms with Crippen LogP contribution in [-0.4, -0.2) is 23.3 Å². The zero-order valence-electron chi connectivity index (χ0n) is 12.1. The van der Waals surface area contributed by atoms with Crippen molar-refractivity contribution in [2.75, 3.05) is 11.9 Å². The summed E-state index contributed by atoms with van der Waals surface area (Å²) in [6.45, 7) is 2.54. The van der Waals surface area contributed by atoms with Gasteiger partial charge in [-0.05, 0) is 46.6 Å². The molecule has 0 bridgehead atoms. The molecule has 0 atom stereocenters. The van der Waals surface area contributed by atoms with Crippen molar-refractivity contribution in [3.63, 3.8) is 0 Å². The van der Waals surface area contributed by atoms with E-state index in [1.165, 1.54) is 0 Å². The summed E-state index contributed by atoms with van der Waals surface area (Å²) in [6.07, 6.45) is 0.841. The zero-order chi connectivity index (χ0) is 15.9. The van der Waals surface area contributed by atoms with Crippen LogP contribution in [0.4, 0.5) is 5.69 Å². The molecule has 0 aliphatic carbocycles. The maximum Gasteiger partial charge on any atom is 0.274 e. The molecular weight excluding hydrogens is 346 g/mol. The molecule has 2 N–H and O–H groups in total. The van der Waals surface area contributed by atoms with Gasteiger partial charge in [0.05, 0.1) is 5.69 Å². The molecule has 6 heteroatoms. The van der Waals surface area contributed by atoms with Gasteiger partial charge in [-0.2, -0.15) is 0 Å². The first-order chi connectivity index (χ1) is 10.6. The number of carbonyl (C=O) groups is 2. The molecule has 0 fully saturated rings. The van der Waals surface area contributed by atoms with Crippen molar-refractivity contribution < 1.29 is 9.59 Å². The third kappa shape index (κ3) is 4.14. The highest BCUT2D eigenvalue weighted by Crippen LogP contribution is 2.21. The number of nitrogens with one attached hydrogen (secondary N) is 2. The highest BCUT2D eigenvalue weighted by molar-refractivity contribution is 9.10. The van der Waals surface area contributed by atoms with Gasteiger partial charge in [0.1, 0.15) is 11.4 Å². The molecule has 22 heavy (non-hydrogen) atoms. The van der Waals surface area contributed by atoms with E-state index in [0.29, 0.717) is 12.2 Å². The fraction of sp³-hybridized carbons (Fsp3) is 0.188. The largest absolute Gasteiger partial charge is 0.351 e. The van der Waals surface area contributed by atoms with Crippen LogP contribution >= 0.6 is 15.9 Å². The number of aromatic nitrogens is 1. The third-order valence-electron chi connectivity index (χ3n) is 2.87. The number of rotatable bonds is 5. The van der Waals surface area contributed by atoms with E-state index < -0.39 is 0 Å². The van der Waals surface area contributed by atoms with Crippen LogP contribution in [0.1, 0.15) is 34.3 Å². The summed E-state index contributed by atoms with van der Waals surface area (Å²) in [6, 6.07) is 12.1. The van der Waals surface area contributed by atoms with Gasteiger partial charge in [-0.25, -0.2) is 4.98 Å². The Hall–Kier alpha value is -2.21. The van der Waals surface area contributed by atoms with E-state index in [1.807, 2.05) is 25.1 Å². The molecule has 0 saturated heterocycles. The van der Waals surface area contributed by atoms with E-state index in [4.69, 9.17) is 0 Å². The van der Waals surface area contributed by atoms with Crippen LogP contribution in [0.15, 0.2) is 46.9 Å². The van der Waals surface area contributed by atoms with Crippen molar-refractivity contribution >= 4 is 33.4 Å². The van der Waals surface area contributed by atoms with E-state index in [2.05, 4.69) is 31.5 Å². The maximum absolute atomic E-state index is 12.2. The van der Waals surface area contributed by atoms with Crippen LogP contribution in [0.25, 0.3) is 0 Å². The molecule has 1 heterocycles. The first-order valence-corrected chi connectivity index (χ1v) is 7.72. The molecule has 0 unspecified atom stereocenters. The number of amides is 2. The summed E-state index contributed by atoms with van der Waals surface area (Å²) >= 11 is 3.36. The summed E-state index contributed by atoms with van der Waals surface area (Å²) in [4.78, 5) is 28.2. The van der Waals surface area contributed by atoms with Crippen molar-refractivity contribution in [2.24, 2.45) is 0 Å². The van der Waals surface area contributed by atoms with E-state index in [9.17, 15) is 9.59 Å². The average Bonchev–Trinajstić information content (AvgIpc) is 2.54. The smallest absolute Gasteiger partial charge is 0.274 e. The van der Waals surface area contributed by atoms with Crippen LogP contribution in [0.2, 0.25) is 0 Å². The summed E-state index contributed by atoms with van der Waals surface area (Å²) < 4.78 is 0.778. The molecule has 0 aliphatic rings. The Morgan fingerprint density at radius 1 is 1.05 bits per heavy atom. The second-order valence-corrected chi connectivity index (χ2v) is 5.45. The predicted octanol–water partition coefficient (Wildman–Crippen LogP) is 3.24. The molecule has 5 nitrogen and oxygen atoms in total. The van der Waals surface area contributed by atoms with Crippen molar-refractivity contribution in [3.05, 3.63) is 58.3 Å². The van der Waals surface area contributed by atoms with Gasteiger partial charge in [-0.15, -0.1) is 0 Å². The zero-order valence-corrected chi connectivity index (χ0v) is 13.7. The number of nitrogens with zero attached hydrogens (tertiary/aromatic N) is 1. The molecule has 2 amide bonds. The van der Waals surface area contributed by atoms with E-state index in [-0.39, 0.29) is 23.2 Å². The molecule has 114 valence electrons. The summed E-state index contributed by atoms with van der Waals surface area (Å²) in [7, 11) is 0. The summed E-state index contributed by atoms with van der Waals surface area (Å²) in [5, 5.41) is 5.49. The van der Waals surface area contributed by atoms with Crippen molar-refractivity contribution in [3.8, 4) is 0 Å². The lowest BCUT2D eigenvalue weighted by Gasteiger charge is -2.08. The Kier molecular flexibility index (Phi) is 5.66. The fourth-order valence-electron chi connectivity index (χ4n) is 1.77. The van der Waals surface area contributed by atoms with Gasteiger partial charge >= 0.3 is 0 Å². The predicted molar refractivity (Wildman–Crippen MR) is 89.0 cm³/mol. The lowest BCUT2D eigenvalue weighted by atomic mass is 10.2. The molecule has 2 rings (SSSR count). The Bertz CT molecular complexity index is 689. The summed E-state index contributed by atoms with van der Waals surface area (Å²) in [5.41, 5.74) is 1.07. The third-order valence-corrected chi connectivity index (χ3v) is 3.56. The molecule has 2 aromatic rings. The van der Waals surface area contributed by atoms with Crippen LogP contribution in [0.5, 0.6) is 0 Å². The van der Waals surface area contributed by atoms with Gasteiger partial charge in [0, 0.05) is 11.0 Å². The van der Waals surface area contributed by atoms with E-state index in [0.717, 1.165) is 10.9 Å². The highest BCUT2D eigenvalue weighted by atomic mass is 79.9. The van der Waals surface area contributed by atoms with Crippen LogP contribution in [0, 0.1) is 0 Å². The minimum atomic E-state index is -0.364. The molecule has 1 aromatic heterocycles. The van der Waals surface area contributed by atoms with E-state index >= 15 is 0 Å². The van der Waals surface area contributed by atoms with Crippen molar-refractivity contribution in [1.29, 1.82) is 0 Å². The molecule has 0 aliphatic heterocycles. The molecule has 0 radical (unpaired) electrons. The molecule has 0 saturated carbocycles. The molecule has 0 spiro atoms. The van der Waals surface area contributed by atoms with Gasteiger partial charge in [-0.3, -0.25) is 9.59 Å². The van der Waals surface area contributed by atoms with Crippen molar-refractivity contribution in [2.45, 2.75) is 13.3 Å². The van der Waals surface area contributed by atoms with Crippen LogP contribution < -0.4 is 10.6 Å². The number of carbonyl (C=O) groups excluding carboxylic acids is 2. The second-order valence-electron chi connectivity index (χ2n) is 4.60. The number of halogens is 1. The van der Waals surface area contributed by atoms with Crippen molar-refractivity contribution in [1.82, 2.24) is 10.3 Å². The van der Waals surface area contributed by atoms with Gasteiger partial charge in [0.15, 0.2) is 0 Å². The summed E-state index contributed by atoms with van der Waals surface area (Å²) in [5.74, 6) is -0.644. The second kappa shape index (κ2) is 7.70. The maximum atomic E-state index is 12.2. The number of anilines is 1. The van der Waals surface area contributed by atoms with Crippen LogP contribution in [-0.2, 0) is 0 Å². The number of para-hydroxylation sites is 1. The lowest BCUT2D eigenvalue weighted by Crippen LogP contribution is -2.26. The Morgan fingerprint density at radius 3 is 2.41 bits per heavy atom. The topological polar surface area (TPSA) is 71.1 Å². The minimum Gasteiger partial charge on any atom is -0.351 e. The Labute approximate surface area is 137 Å². The average molecular weight is 362 g/mol. The highest BCUT2D eigenvalue weighted by Gasteiger charge is 2.13. The molecule has 1 aromatic carbocycles. The van der Waals surface area contributed by atoms with Gasteiger partial charge in [0.2, 0.25) is 0 Å². The first kappa shape index (κ1) is 16.2. The monoisotopic (exact) mass is 361 g/mol. The van der Waals surface area contributed by atoms with Gasteiger partial charge in [-0.1, -0.05) is 25.1 Å². The van der Waals surface area contributed by atoms with Gasteiger partial charge < -0.3 is 10.6 Å². The number of hydrogen-bond donors (Lipinski definition) is 2. The quantitative estimate of drug-likeness (QED) is 0.858. The first-order valence-electron chi connectivity index (χ1n) is 6.93. The van der Waals surface area contributed by atoms with Gasteiger partial charge in [0.25, 0.3) is 11.8 Å².